The predicted octanol–water partition coefficient (Wildman–Crippen LogP) is 2.25. The molecular weight excluding hydrogens is 192 g/mol. The summed E-state index contributed by atoms with van der Waals surface area (Å²) in [6.45, 7) is 2.08. The third kappa shape index (κ3) is 5.77. The molecule has 0 fully saturated rings. The third-order valence-electron chi connectivity index (χ3n) is 1.77. The molecule has 0 saturated heterocycles. The minimum Gasteiger partial charge on any atom is -0.480 e. The third-order valence-corrected chi connectivity index (χ3v) is 2.87. The summed E-state index contributed by atoms with van der Waals surface area (Å²) in [6, 6.07) is 0. The molecule has 0 spiro atoms. The van der Waals surface area contributed by atoms with Gasteiger partial charge in [0.1, 0.15) is 0 Å². The SMILES string of the molecule is CCC(S)CCCC(S)C(=O)O. The van der Waals surface area contributed by atoms with Crippen molar-refractivity contribution in [3.05, 3.63) is 0 Å². The Bertz CT molecular complexity index is 139. The summed E-state index contributed by atoms with van der Waals surface area (Å²) in [6.07, 6.45) is 3.54. The highest BCUT2D eigenvalue weighted by molar-refractivity contribution is 7.81. The van der Waals surface area contributed by atoms with Crippen LogP contribution >= 0.6 is 25.3 Å². The summed E-state index contributed by atoms with van der Waals surface area (Å²) in [7, 11) is 0. The molecule has 0 bridgehead atoms. The Morgan fingerprint density at radius 1 is 1.42 bits per heavy atom. The van der Waals surface area contributed by atoms with Crippen LogP contribution in [0.15, 0.2) is 0 Å². The summed E-state index contributed by atoms with van der Waals surface area (Å²) in [4.78, 5) is 10.3. The Balaban J connectivity index is 3.37. The highest BCUT2D eigenvalue weighted by atomic mass is 32.1. The molecule has 2 nitrogen and oxygen atoms in total. The second-order valence-corrected chi connectivity index (χ2v) is 4.20. The van der Waals surface area contributed by atoms with E-state index < -0.39 is 11.2 Å². The van der Waals surface area contributed by atoms with Gasteiger partial charge in [0.2, 0.25) is 0 Å². The molecule has 12 heavy (non-hydrogen) atoms. The van der Waals surface area contributed by atoms with Crippen LogP contribution in [-0.2, 0) is 4.79 Å². The van der Waals surface area contributed by atoms with Crippen molar-refractivity contribution < 1.29 is 9.90 Å². The van der Waals surface area contributed by atoms with Crippen LogP contribution in [0.2, 0.25) is 0 Å². The van der Waals surface area contributed by atoms with E-state index in [1.807, 2.05) is 0 Å². The normalized spacial score (nSPS) is 15.6. The standard InChI is InChI=1S/C8H16O2S2/c1-2-6(11)4-3-5-7(12)8(9)10/h6-7,11-12H,2-5H2,1H3,(H,9,10). The van der Waals surface area contributed by atoms with Gasteiger partial charge in [-0.2, -0.15) is 25.3 Å². The van der Waals surface area contributed by atoms with E-state index in [0.29, 0.717) is 11.7 Å². The molecule has 0 saturated carbocycles. The molecule has 0 amide bonds. The van der Waals surface area contributed by atoms with Gasteiger partial charge in [-0.1, -0.05) is 13.3 Å². The van der Waals surface area contributed by atoms with Gasteiger partial charge in [0.25, 0.3) is 0 Å². The van der Waals surface area contributed by atoms with E-state index in [1.165, 1.54) is 0 Å². The number of carboxylic acids is 1. The Kier molecular flexibility index (Phi) is 6.76. The summed E-state index contributed by atoms with van der Waals surface area (Å²) in [5.41, 5.74) is 0. The fourth-order valence-electron chi connectivity index (χ4n) is 0.874. The zero-order valence-electron chi connectivity index (χ0n) is 7.23. The lowest BCUT2D eigenvalue weighted by Crippen LogP contribution is -2.13. The van der Waals surface area contributed by atoms with E-state index >= 15 is 0 Å². The first-order valence-corrected chi connectivity index (χ1v) is 5.20. The number of hydrogen-bond donors (Lipinski definition) is 3. The Hall–Kier alpha value is 0.170. The van der Waals surface area contributed by atoms with Gasteiger partial charge in [-0.05, 0) is 19.3 Å². The maximum atomic E-state index is 10.3. The van der Waals surface area contributed by atoms with Gasteiger partial charge in [0.05, 0.1) is 5.25 Å². The summed E-state index contributed by atoms with van der Waals surface area (Å²) >= 11 is 8.24. The average Bonchev–Trinajstić information content (AvgIpc) is 2.03. The van der Waals surface area contributed by atoms with Crippen molar-refractivity contribution in [1.29, 1.82) is 0 Å². The monoisotopic (exact) mass is 208 g/mol. The van der Waals surface area contributed by atoms with Gasteiger partial charge < -0.3 is 5.11 Å². The van der Waals surface area contributed by atoms with Crippen LogP contribution < -0.4 is 0 Å². The minimum absolute atomic E-state index is 0.402. The fourth-order valence-corrected chi connectivity index (χ4v) is 1.24. The first kappa shape index (κ1) is 12.2. The molecule has 0 rings (SSSR count). The van der Waals surface area contributed by atoms with Gasteiger partial charge in [0, 0.05) is 5.25 Å². The molecule has 0 aliphatic rings. The molecule has 4 heteroatoms. The Labute approximate surface area is 84.6 Å². The van der Waals surface area contributed by atoms with E-state index in [4.69, 9.17) is 5.11 Å². The second kappa shape index (κ2) is 6.66. The number of thiol groups is 2. The predicted molar refractivity (Wildman–Crippen MR) is 57.3 cm³/mol. The van der Waals surface area contributed by atoms with Crippen LogP contribution in [0.4, 0.5) is 0 Å². The van der Waals surface area contributed by atoms with E-state index in [1.54, 1.807) is 0 Å². The molecule has 2 unspecified atom stereocenters. The summed E-state index contributed by atoms with van der Waals surface area (Å²) in [5.74, 6) is -0.828. The van der Waals surface area contributed by atoms with Gasteiger partial charge in [-0.15, -0.1) is 0 Å². The first-order chi connectivity index (χ1) is 5.57. The molecule has 1 N–H and O–H groups in total. The molecule has 0 radical (unpaired) electrons. The number of hydrogen-bond acceptors (Lipinski definition) is 3. The smallest absolute Gasteiger partial charge is 0.316 e. The number of rotatable bonds is 6. The lowest BCUT2D eigenvalue weighted by molar-refractivity contribution is -0.136. The average molecular weight is 208 g/mol. The zero-order chi connectivity index (χ0) is 9.56. The van der Waals surface area contributed by atoms with Crippen LogP contribution in [0.5, 0.6) is 0 Å². The molecule has 72 valence electrons. The quantitative estimate of drug-likeness (QED) is 0.586. The number of carboxylic acid groups (broad SMARTS) is 1. The molecule has 0 aromatic carbocycles. The highest BCUT2D eigenvalue weighted by Crippen LogP contribution is 2.13. The van der Waals surface area contributed by atoms with Crippen LogP contribution in [0.1, 0.15) is 32.6 Å². The van der Waals surface area contributed by atoms with Gasteiger partial charge >= 0.3 is 5.97 Å². The summed E-state index contributed by atoms with van der Waals surface area (Å²) in [5, 5.41) is 8.40. The van der Waals surface area contributed by atoms with Gasteiger partial charge in [0.15, 0.2) is 0 Å². The summed E-state index contributed by atoms with van der Waals surface area (Å²) < 4.78 is 0. The Morgan fingerprint density at radius 3 is 2.42 bits per heavy atom. The van der Waals surface area contributed by atoms with Crippen molar-refractivity contribution in [2.24, 2.45) is 0 Å². The van der Waals surface area contributed by atoms with Crippen molar-refractivity contribution in [3.63, 3.8) is 0 Å². The molecule has 0 heterocycles. The lowest BCUT2D eigenvalue weighted by atomic mass is 10.1. The fraction of sp³-hybridized carbons (Fsp3) is 0.875. The van der Waals surface area contributed by atoms with E-state index in [-0.39, 0.29) is 0 Å². The molecule has 0 aromatic heterocycles. The molecule has 0 aromatic rings. The van der Waals surface area contributed by atoms with E-state index in [9.17, 15) is 4.79 Å². The number of carbonyl (C=O) groups is 1. The van der Waals surface area contributed by atoms with Gasteiger partial charge in [-0.3, -0.25) is 4.79 Å². The van der Waals surface area contributed by atoms with Crippen LogP contribution in [0.3, 0.4) is 0 Å². The zero-order valence-corrected chi connectivity index (χ0v) is 9.02. The van der Waals surface area contributed by atoms with Crippen molar-refractivity contribution in [2.75, 3.05) is 0 Å². The van der Waals surface area contributed by atoms with Crippen molar-refractivity contribution in [2.45, 2.75) is 43.1 Å². The largest absolute Gasteiger partial charge is 0.480 e. The molecule has 2 atom stereocenters. The van der Waals surface area contributed by atoms with Crippen LogP contribution in [0.25, 0.3) is 0 Å². The highest BCUT2D eigenvalue weighted by Gasteiger charge is 2.11. The maximum Gasteiger partial charge on any atom is 0.316 e. The molecular formula is C8H16O2S2. The van der Waals surface area contributed by atoms with Gasteiger partial charge in [-0.25, -0.2) is 0 Å². The van der Waals surface area contributed by atoms with Crippen molar-refractivity contribution >= 4 is 31.2 Å². The van der Waals surface area contributed by atoms with Crippen molar-refractivity contribution in [1.82, 2.24) is 0 Å². The second-order valence-electron chi connectivity index (χ2n) is 2.85. The number of aliphatic carboxylic acids is 1. The minimum atomic E-state index is -0.828. The molecule has 0 aliphatic carbocycles. The topological polar surface area (TPSA) is 37.3 Å². The van der Waals surface area contributed by atoms with Crippen LogP contribution in [-0.4, -0.2) is 21.6 Å². The Morgan fingerprint density at radius 2 is 2.00 bits per heavy atom. The maximum absolute atomic E-state index is 10.3. The first-order valence-electron chi connectivity index (χ1n) is 4.16. The van der Waals surface area contributed by atoms with E-state index in [2.05, 4.69) is 32.2 Å². The molecule has 0 aliphatic heterocycles. The van der Waals surface area contributed by atoms with Crippen molar-refractivity contribution in [3.8, 4) is 0 Å². The van der Waals surface area contributed by atoms with Crippen LogP contribution in [0, 0.1) is 0 Å². The lowest BCUT2D eigenvalue weighted by Gasteiger charge is -2.08. The van der Waals surface area contributed by atoms with E-state index in [0.717, 1.165) is 19.3 Å².